The Morgan fingerprint density at radius 3 is 2.64 bits per heavy atom. The van der Waals surface area contributed by atoms with Gasteiger partial charge < -0.3 is 5.32 Å². The van der Waals surface area contributed by atoms with Crippen molar-refractivity contribution in [2.24, 2.45) is 5.92 Å². The largest absolute Gasteiger partial charge is 0.326 e. The fraction of sp³-hybridized carbons (Fsp3) is 0.533. The van der Waals surface area contributed by atoms with Crippen LogP contribution in [0.15, 0.2) is 24.3 Å². The Bertz CT molecular complexity index is 643. The van der Waals surface area contributed by atoms with Crippen molar-refractivity contribution in [3.05, 3.63) is 29.8 Å². The Hall–Kier alpha value is -1.44. The van der Waals surface area contributed by atoms with E-state index in [4.69, 9.17) is 0 Å². The maximum Gasteiger partial charge on any atom is 0.281 e. The molecule has 0 bridgehead atoms. The van der Waals surface area contributed by atoms with Crippen LogP contribution in [0.5, 0.6) is 0 Å². The van der Waals surface area contributed by atoms with Gasteiger partial charge in [0.15, 0.2) is 0 Å². The van der Waals surface area contributed by atoms with Gasteiger partial charge in [0.05, 0.1) is 5.92 Å². The lowest BCUT2D eigenvalue weighted by molar-refractivity contribution is -0.120. The molecule has 1 fully saturated rings. The summed E-state index contributed by atoms with van der Waals surface area (Å²) in [5, 5.41) is 2.91. The average molecular weight is 325 g/mol. The second kappa shape index (κ2) is 6.76. The van der Waals surface area contributed by atoms with E-state index in [0.29, 0.717) is 19.4 Å². The fourth-order valence-electron chi connectivity index (χ4n) is 2.54. The van der Waals surface area contributed by atoms with Crippen molar-refractivity contribution in [2.45, 2.75) is 19.8 Å². The van der Waals surface area contributed by atoms with Crippen LogP contribution in [0.1, 0.15) is 18.4 Å². The summed E-state index contributed by atoms with van der Waals surface area (Å²) in [6.45, 7) is 2.63. The average Bonchev–Trinajstić information content (AvgIpc) is 2.49. The van der Waals surface area contributed by atoms with E-state index in [0.717, 1.165) is 11.3 Å². The van der Waals surface area contributed by atoms with Crippen molar-refractivity contribution < 1.29 is 13.2 Å². The third-order valence-corrected chi connectivity index (χ3v) is 5.85. The number of benzene rings is 1. The van der Waals surface area contributed by atoms with Gasteiger partial charge in [-0.25, -0.2) is 0 Å². The Kier molecular flexibility index (Phi) is 5.20. The third-order valence-electron chi connectivity index (χ3n) is 3.95. The number of nitrogens with zero attached hydrogens (tertiary/aromatic N) is 2. The standard InChI is InChI=1S/C15H23N3O3S/c1-12-7-4-5-9-14(12)16-15(19)13-8-6-10-18(11-13)22(20,21)17(2)3/h4-5,7,9,13H,6,8,10-11H2,1-3H3,(H,16,19). The molecule has 0 aromatic heterocycles. The van der Waals surface area contributed by atoms with E-state index in [1.807, 2.05) is 31.2 Å². The number of nitrogens with one attached hydrogen (secondary N) is 1. The SMILES string of the molecule is Cc1ccccc1NC(=O)C1CCCN(S(=O)(=O)N(C)C)C1. The van der Waals surface area contributed by atoms with E-state index in [2.05, 4.69) is 5.32 Å². The first-order chi connectivity index (χ1) is 10.3. The van der Waals surface area contributed by atoms with E-state index in [9.17, 15) is 13.2 Å². The zero-order valence-electron chi connectivity index (χ0n) is 13.2. The van der Waals surface area contributed by atoms with E-state index in [1.54, 1.807) is 0 Å². The van der Waals surface area contributed by atoms with Gasteiger partial charge in [-0.15, -0.1) is 0 Å². The van der Waals surface area contributed by atoms with E-state index in [1.165, 1.54) is 22.7 Å². The summed E-state index contributed by atoms with van der Waals surface area (Å²) in [5.74, 6) is -0.434. The molecule has 1 N–H and O–H groups in total. The second-order valence-electron chi connectivity index (χ2n) is 5.79. The molecule has 1 saturated heterocycles. The number of piperidine rings is 1. The molecule has 6 nitrogen and oxygen atoms in total. The van der Waals surface area contributed by atoms with E-state index >= 15 is 0 Å². The summed E-state index contributed by atoms with van der Waals surface area (Å²) in [5.41, 5.74) is 1.77. The molecule has 122 valence electrons. The summed E-state index contributed by atoms with van der Waals surface area (Å²) < 4.78 is 26.9. The zero-order valence-corrected chi connectivity index (χ0v) is 14.1. The summed E-state index contributed by atoms with van der Waals surface area (Å²) in [6.07, 6.45) is 1.40. The molecule has 0 saturated carbocycles. The van der Waals surface area contributed by atoms with Gasteiger partial charge in [-0.3, -0.25) is 4.79 Å². The number of anilines is 1. The fourth-order valence-corrected chi connectivity index (χ4v) is 3.73. The Balaban J connectivity index is 2.06. The number of para-hydroxylation sites is 1. The van der Waals surface area contributed by atoms with Gasteiger partial charge in [-0.2, -0.15) is 17.0 Å². The molecule has 1 heterocycles. The van der Waals surface area contributed by atoms with Gasteiger partial charge in [-0.1, -0.05) is 18.2 Å². The predicted octanol–water partition coefficient (Wildman–Crippen LogP) is 1.45. The summed E-state index contributed by atoms with van der Waals surface area (Å²) in [7, 11) is -0.448. The second-order valence-corrected chi connectivity index (χ2v) is 7.93. The minimum Gasteiger partial charge on any atom is -0.326 e. The lowest BCUT2D eigenvalue weighted by Crippen LogP contribution is -2.47. The first-order valence-corrected chi connectivity index (χ1v) is 8.76. The molecule has 0 spiro atoms. The topological polar surface area (TPSA) is 69.7 Å². The molecular weight excluding hydrogens is 302 g/mol. The number of amides is 1. The van der Waals surface area contributed by atoms with Gasteiger partial charge >= 0.3 is 0 Å². The van der Waals surface area contributed by atoms with Crippen LogP contribution >= 0.6 is 0 Å². The van der Waals surface area contributed by atoms with Gasteiger partial charge in [0.1, 0.15) is 0 Å². The molecule has 0 aliphatic carbocycles. The maximum atomic E-state index is 12.4. The normalized spacial score (nSPS) is 20.1. The van der Waals surface area contributed by atoms with Crippen LogP contribution in [-0.2, 0) is 15.0 Å². The van der Waals surface area contributed by atoms with Crippen molar-refractivity contribution in [1.29, 1.82) is 0 Å². The van der Waals surface area contributed by atoms with Gasteiger partial charge in [0, 0.05) is 32.9 Å². The highest BCUT2D eigenvalue weighted by molar-refractivity contribution is 7.86. The van der Waals surface area contributed by atoms with Crippen LogP contribution in [0.3, 0.4) is 0 Å². The molecule has 7 heteroatoms. The molecule has 1 amide bonds. The molecule has 1 aromatic rings. The predicted molar refractivity (Wildman–Crippen MR) is 86.7 cm³/mol. The Morgan fingerprint density at radius 2 is 2.00 bits per heavy atom. The first-order valence-electron chi connectivity index (χ1n) is 7.36. The highest BCUT2D eigenvalue weighted by atomic mass is 32.2. The number of hydrogen-bond donors (Lipinski definition) is 1. The molecule has 22 heavy (non-hydrogen) atoms. The molecule has 2 rings (SSSR count). The molecule has 1 atom stereocenters. The van der Waals surface area contributed by atoms with Crippen LogP contribution in [0.2, 0.25) is 0 Å². The van der Waals surface area contributed by atoms with Crippen molar-refractivity contribution in [2.75, 3.05) is 32.5 Å². The van der Waals surface area contributed by atoms with E-state index < -0.39 is 10.2 Å². The van der Waals surface area contributed by atoms with Crippen LogP contribution in [0.25, 0.3) is 0 Å². The number of carbonyl (C=O) groups excluding carboxylic acids is 1. The van der Waals surface area contributed by atoms with E-state index in [-0.39, 0.29) is 18.4 Å². The van der Waals surface area contributed by atoms with Gasteiger partial charge in [-0.05, 0) is 31.4 Å². The highest BCUT2D eigenvalue weighted by Gasteiger charge is 2.33. The van der Waals surface area contributed by atoms with Gasteiger partial charge in [0.25, 0.3) is 10.2 Å². The summed E-state index contributed by atoms with van der Waals surface area (Å²) in [4.78, 5) is 12.4. The quantitative estimate of drug-likeness (QED) is 0.911. The molecule has 1 aliphatic heterocycles. The van der Waals surface area contributed by atoms with Crippen LogP contribution in [0, 0.1) is 12.8 Å². The lowest BCUT2D eigenvalue weighted by atomic mass is 9.98. The van der Waals surface area contributed by atoms with Crippen LogP contribution in [0.4, 0.5) is 5.69 Å². The van der Waals surface area contributed by atoms with Crippen LogP contribution < -0.4 is 5.32 Å². The first kappa shape index (κ1) is 16.9. The summed E-state index contributed by atoms with van der Waals surface area (Å²) >= 11 is 0. The smallest absolute Gasteiger partial charge is 0.281 e. The Morgan fingerprint density at radius 1 is 1.32 bits per heavy atom. The van der Waals surface area contributed by atoms with Crippen molar-refractivity contribution in [3.8, 4) is 0 Å². The van der Waals surface area contributed by atoms with Crippen molar-refractivity contribution in [3.63, 3.8) is 0 Å². The van der Waals surface area contributed by atoms with Crippen LogP contribution in [-0.4, -0.2) is 50.1 Å². The molecule has 1 aromatic carbocycles. The number of aryl methyl sites for hydroxylation is 1. The Labute approximate surface area is 132 Å². The van der Waals surface area contributed by atoms with Crippen molar-refractivity contribution in [1.82, 2.24) is 8.61 Å². The van der Waals surface area contributed by atoms with Gasteiger partial charge in [0.2, 0.25) is 5.91 Å². The number of rotatable bonds is 4. The number of hydrogen-bond acceptors (Lipinski definition) is 3. The maximum absolute atomic E-state index is 12.4. The lowest BCUT2D eigenvalue weighted by Gasteiger charge is -2.32. The molecule has 1 unspecified atom stereocenters. The molecular formula is C15H23N3O3S. The van der Waals surface area contributed by atoms with Crippen molar-refractivity contribution >= 4 is 21.8 Å². The highest BCUT2D eigenvalue weighted by Crippen LogP contribution is 2.22. The monoisotopic (exact) mass is 325 g/mol. The summed E-state index contributed by atoms with van der Waals surface area (Å²) in [6, 6.07) is 7.56. The number of carbonyl (C=O) groups is 1. The zero-order chi connectivity index (χ0) is 16.3. The minimum atomic E-state index is -3.46. The molecule has 1 aliphatic rings. The minimum absolute atomic E-state index is 0.118. The molecule has 0 radical (unpaired) electrons. The third kappa shape index (κ3) is 3.66.